The van der Waals surface area contributed by atoms with Gasteiger partial charge in [0, 0.05) is 7.11 Å². The standard InChI is InChI=1S/C8H16O/c1-7(2)8(3)5-6-9-4/h5,7H,6H2,1-4H3/b8-5+. The molecule has 9 heavy (non-hydrogen) atoms. The molecule has 1 heteroatoms. The van der Waals surface area contributed by atoms with Crippen molar-refractivity contribution in [1.29, 1.82) is 0 Å². The predicted molar refractivity (Wildman–Crippen MR) is 40.5 cm³/mol. The van der Waals surface area contributed by atoms with Crippen molar-refractivity contribution in [2.45, 2.75) is 20.8 Å². The van der Waals surface area contributed by atoms with Gasteiger partial charge in [0.1, 0.15) is 0 Å². The molecular weight excluding hydrogens is 112 g/mol. The van der Waals surface area contributed by atoms with Crippen molar-refractivity contribution in [3.05, 3.63) is 11.6 Å². The van der Waals surface area contributed by atoms with Crippen molar-refractivity contribution >= 4 is 0 Å². The van der Waals surface area contributed by atoms with E-state index < -0.39 is 0 Å². The number of hydrogen-bond acceptors (Lipinski definition) is 1. The average Bonchev–Trinajstić information content (AvgIpc) is 1.82. The Labute approximate surface area is 57.7 Å². The first-order valence-corrected chi connectivity index (χ1v) is 3.34. The van der Waals surface area contributed by atoms with Crippen LogP contribution in [0.4, 0.5) is 0 Å². The molecule has 0 spiro atoms. The molecule has 0 aromatic carbocycles. The molecule has 0 radical (unpaired) electrons. The molecule has 0 aromatic rings. The number of hydrogen-bond donors (Lipinski definition) is 0. The van der Waals surface area contributed by atoms with E-state index in [1.807, 2.05) is 0 Å². The van der Waals surface area contributed by atoms with Crippen LogP contribution in [0.3, 0.4) is 0 Å². The number of rotatable bonds is 3. The smallest absolute Gasteiger partial charge is 0.0646 e. The van der Waals surface area contributed by atoms with Crippen LogP contribution in [0.1, 0.15) is 20.8 Å². The van der Waals surface area contributed by atoms with Crippen molar-refractivity contribution in [3.8, 4) is 0 Å². The highest BCUT2D eigenvalue weighted by Gasteiger charge is 1.92. The maximum Gasteiger partial charge on any atom is 0.0646 e. The van der Waals surface area contributed by atoms with Crippen LogP contribution in [0.25, 0.3) is 0 Å². The molecule has 54 valence electrons. The van der Waals surface area contributed by atoms with Crippen LogP contribution in [0.15, 0.2) is 11.6 Å². The molecule has 0 aromatic heterocycles. The SMILES string of the molecule is COC/C=C(\C)C(C)C. The molecule has 0 heterocycles. The second kappa shape index (κ2) is 4.57. The van der Waals surface area contributed by atoms with Gasteiger partial charge in [-0.2, -0.15) is 0 Å². The summed E-state index contributed by atoms with van der Waals surface area (Å²) in [7, 11) is 1.71. The minimum Gasteiger partial charge on any atom is -0.381 e. The third-order valence-corrected chi connectivity index (χ3v) is 1.48. The van der Waals surface area contributed by atoms with E-state index >= 15 is 0 Å². The van der Waals surface area contributed by atoms with Crippen LogP contribution < -0.4 is 0 Å². The monoisotopic (exact) mass is 128 g/mol. The number of allylic oxidation sites excluding steroid dienone is 1. The first-order valence-electron chi connectivity index (χ1n) is 3.34. The van der Waals surface area contributed by atoms with E-state index in [2.05, 4.69) is 26.8 Å². The van der Waals surface area contributed by atoms with E-state index in [0.717, 1.165) is 6.61 Å². The van der Waals surface area contributed by atoms with Gasteiger partial charge in [-0.15, -0.1) is 0 Å². The Hall–Kier alpha value is -0.300. The zero-order valence-electron chi connectivity index (χ0n) is 6.77. The summed E-state index contributed by atoms with van der Waals surface area (Å²) in [5.41, 5.74) is 1.40. The fraction of sp³-hybridized carbons (Fsp3) is 0.750. The summed E-state index contributed by atoms with van der Waals surface area (Å²) in [5.74, 6) is 0.653. The molecule has 0 N–H and O–H groups in total. The lowest BCUT2D eigenvalue weighted by Crippen LogP contribution is -1.91. The van der Waals surface area contributed by atoms with Gasteiger partial charge in [0.2, 0.25) is 0 Å². The average molecular weight is 128 g/mol. The third kappa shape index (κ3) is 4.22. The lowest BCUT2D eigenvalue weighted by Gasteiger charge is -2.03. The highest BCUT2D eigenvalue weighted by molar-refractivity contribution is 5.00. The van der Waals surface area contributed by atoms with Crippen molar-refractivity contribution in [2.75, 3.05) is 13.7 Å². The summed E-state index contributed by atoms with van der Waals surface area (Å²) in [5, 5.41) is 0. The zero-order valence-corrected chi connectivity index (χ0v) is 6.77. The Kier molecular flexibility index (Phi) is 4.41. The predicted octanol–water partition coefficient (Wildman–Crippen LogP) is 2.24. The lowest BCUT2D eigenvalue weighted by molar-refractivity contribution is 0.233. The van der Waals surface area contributed by atoms with E-state index in [4.69, 9.17) is 4.74 Å². The van der Waals surface area contributed by atoms with Crippen LogP contribution in [-0.4, -0.2) is 13.7 Å². The fourth-order valence-electron chi connectivity index (χ4n) is 0.450. The van der Waals surface area contributed by atoms with Crippen molar-refractivity contribution in [3.63, 3.8) is 0 Å². The molecule has 0 aliphatic rings. The molecule has 0 saturated carbocycles. The second-order valence-electron chi connectivity index (χ2n) is 2.56. The normalized spacial score (nSPS) is 12.8. The lowest BCUT2D eigenvalue weighted by atomic mass is 10.1. The van der Waals surface area contributed by atoms with E-state index in [0.29, 0.717) is 5.92 Å². The van der Waals surface area contributed by atoms with E-state index in [9.17, 15) is 0 Å². The summed E-state index contributed by atoms with van der Waals surface area (Å²) in [6.45, 7) is 7.23. The Morgan fingerprint density at radius 2 is 2.11 bits per heavy atom. The first-order chi connectivity index (χ1) is 4.18. The van der Waals surface area contributed by atoms with Crippen LogP contribution >= 0.6 is 0 Å². The van der Waals surface area contributed by atoms with Crippen molar-refractivity contribution in [1.82, 2.24) is 0 Å². The fourth-order valence-corrected chi connectivity index (χ4v) is 0.450. The molecule has 0 bridgehead atoms. The number of methoxy groups -OCH3 is 1. The molecule has 0 aliphatic heterocycles. The van der Waals surface area contributed by atoms with Gasteiger partial charge in [0.15, 0.2) is 0 Å². The van der Waals surface area contributed by atoms with Gasteiger partial charge in [-0.3, -0.25) is 0 Å². The maximum atomic E-state index is 4.89. The molecule has 0 fully saturated rings. The van der Waals surface area contributed by atoms with E-state index in [-0.39, 0.29) is 0 Å². The van der Waals surface area contributed by atoms with Gasteiger partial charge in [-0.05, 0) is 12.8 Å². The van der Waals surface area contributed by atoms with Crippen LogP contribution in [0.2, 0.25) is 0 Å². The Morgan fingerprint density at radius 3 is 2.44 bits per heavy atom. The number of ether oxygens (including phenoxy) is 1. The summed E-state index contributed by atoms with van der Waals surface area (Å²) in [4.78, 5) is 0. The molecule has 0 rings (SSSR count). The summed E-state index contributed by atoms with van der Waals surface area (Å²) >= 11 is 0. The summed E-state index contributed by atoms with van der Waals surface area (Å²) < 4.78 is 4.89. The topological polar surface area (TPSA) is 9.23 Å². The van der Waals surface area contributed by atoms with Gasteiger partial charge in [0.05, 0.1) is 6.61 Å². The van der Waals surface area contributed by atoms with Gasteiger partial charge >= 0.3 is 0 Å². The quantitative estimate of drug-likeness (QED) is 0.530. The highest BCUT2D eigenvalue weighted by Crippen LogP contribution is 2.06. The Balaban J connectivity index is 3.55. The largest absolute Gasteiger partial charge is 0.381 e. The molecular formula is C8H16O. The van der Waals surface area contributed by atoms with Crippen molar-refractivity contribution in [2.24, 2.45) is 5.92 Å². The van der Waals surface area contributed by atoms with Gasteiger partial charge in [-0.25, -0.2) is 0 Å². The van der Waals surface area contributed by atoms with Crippen LogP contribution in [0, 0.1) is 5.92 Å². The van der Waals surface area contributed by atoms with Gasteiger partial charge in [-0.1, -0.05) is 25.5 Å². The molecule has 0 unspecified atom stereocenters. The van der Waals surface area contributed by atoms with Crippen molar-refractivity contribution < 1.29 is 4.74 Å². The van der Waals surface area contributed by atoms with Gasteiger partial charge < -0.3 is 4.74 Å². The van der Waals surface area contributed by atoms with E-state index in [1.54, 1.807) is 7.11 Å². The van der Waals surface area contributed by atoms with Crippen LogP contribution in [-0.2, 0) is 4.74 Å². The highest BCUT2D eigenvalue weighted by atomic mass is 16.5. The van der Waals surface area contributed by atoms with E-state index in [1.165, 1.54) is 5.57 Å². The first kappa shape index (κ1) is 8.70. The minimum absolute atomic E-state index is 0.653. The minimum atomic E-state index is 0.653. The summed E-state index contributed by atoms with van der Waals surface area (Å²) in [6, 6.07) is 0. The summed E-state index contributed by atoms with van der Waals surface area (Å²) in [6.07, 6.45) is 2.12. The molecule has 0 atom stereocenters. The Bertz CT molecular complexity index is 92.7. The second-order valence-corrected chi connectivity index (χ2v) is 2.56. The molecule has 0 saturated heterocycles. The Morgan fingerprint density at radius 1 is 1.56 bits per heavy atom. The molecule has 1 nitrogen and oxygen atoms in total. The molecule has 0 aliphatic carbocycles. The zero-order chi connectivity index (χ0) is 7.28. The van der Waals surface area contributed by atoms with Gasteiger partial charge in [0.25, 0.3) is 0 Å². The maximum absolute atomic E-state index is 4.89. The third-order valence-electron chi connectivity index (χ3n) is 1.48. The molecule has 0 amide bonds. The van der Waals surface area contributed by atoms with Crippen LogP contribution in [0.5, 0.6) is 0 Å².